The summed E-state index contributed by atoms with van der Waals surface area (Å²) in [5.41, 5.74) is 3.62. The maximum absolute atomic E-state index is 11.8. The molecule has 3 rings (SSSR count). The summed E-state index contributed by atoms with van der Waals surface area (Å²) in [6.45, 7) is 4.59. The van der Waals surface area contributed by atoms with E-state index in [-0.39, 0.29) is 17.9 Å². The summed E-state index contributed by atoms with van der Waals surface area (Å²) in [6.07, 6.45) is 1.03. The van der Waals surface area contributed by atoms with E-state index < -0.39 is 6.10 Å². The number of hydrogen-bond acceptors (Lipinski definition) is 3. The Morgan fingerprint density at radius 3 is 2.95 bits per heavy atom. The van der Waals surface area contributed by atoms with Gasteiger partial charge in [0.15, 0.2) is 0 Å². The number of rotatable bonds is 2. The fraction of sp³-hybridized carbons (Fsp3) is 0.533. The molecule has 0 aliphatic carbocycles. The van der Waals surface area contributed by atoms with Gasteiger partial charge in [0.25, 0.3) is 0 Å². The molecule has 4 nitrogen and oxygen atoms in total. The van der Waals surface area contributed by atoms with E-state index in [0.717, 1.165) is 35.2 Å². The molecule has 2 aliphatic heterocycles. The first-order valence-electron chi connectivity index (χ1n) is 6.83. The average molecular weight is 261 g/mol. The van der Waals surface area contributed by atoms with Crippen molar-refractivity contribution in [1.82, 2.24) is 0 Å². The standard InChI is InChI=1S/C15H19NO3/c1-8-6-10-9(2)15(18)16-13(10)11(7-8)14(17)12-4-3-5-19-12/h6-7,9,12,14,17H,3-5H2,1-2H3,(H,16,18). The number of fused-ring (bicyclic) bond motifs is 1. The Balaban J connectivity index is 2.02. The van der Waals surface area contributed by atoms with Gasteiger partial charge in [-0.1, -0.05) is 17.7 Å². The zero-order valence-electron chi connectivity index (χ0n) is 11.3. The first-order valence-corrected chi connectivity index (χ1v) is 6.83. The number of hydrogen-bond donors (Lipinski definition) is 2. The number of aryl methyl sites for hydroxylation is 1. The number of carbonyl (C=O) groups is 1. The molecule has 1 amide bonds. The fourth-order valence-corrected chi connectivity index (χ4v) is 2.99. The number of nitrogens with one attached hydrogen (secondary N) is 1. The van der Waals surface area contributed by atoms with Gasteiger partial charge in [0.1, 0.15) is 6.10 Å². The molecular weight excluding hydrogens is 242 g/mol. The van der Waals surface area contributed by atoms with Crippen LogP contribution in [0.25, 0.3) is 0 Å². The molecule has 102 valence electrons. The third-order valence-electron chi connectivity index (χ3n) is 4.09. The van der Waals surface area contributed by atoms with E-state index in [2.05, 4.69) is 5.32 Å². The van der Waals surface area contributed by atoms with Gasteiger partial charge in [-0.05, 0) is 32.3 Å². The number of aliphatic hydroxyl groups excluding tert-OH is 1. The van der Waals surface area contributed by atoms with Crippen LogP contribution in [0.15, 0.2) is 12.1 Å². The van der Waals surface area contributed by atoms with Crippen LogP contribution >= 0.6 is 0 Å². The van der Waals surface area contributed by atoms with Gasteiger partial charge in [-0.25, -0.2) is 0 Å². The van der Waals surface area contributed by atoms with E-state index in [4.69, 9.17) is 4.74 Å². The zero-order chi connectivity index (χ0) is 13.6. The lowest BCUT2D eigenvalue weighted by Crippen LogP contribution is -2.18. The fourth-order valence-electron chi connectivity index (χ4n) is 2.99. The SMILES string of the molecule is Cc1cc2c(c(C(O)C3CCCO3)c1)NC(=O)C2C. The number of aliphatic hydroxyl groups is 1. The summed E-state index contributed by atoms with van der Waals surface area (Å²) >= 11 is 0. The second-order valence-corrected chi connectivity index (χ2v) is 5.53. The van der Waals surface area contributed by atoms with Gasteiger partial charge in [-0.15, -0.1) is 0 Å². The van der Waals surface area contributed by atoms with Gasteiger partial charge in [-0.2, -0.15) is 0 Å². The smallest absolute Gasteiger partial charge is 0.231 e. The summed E-state index contributed by atoms with van der Waals surface area (Å²) in [5, 5.41) is 13.4. The molecule has 3 unspecified atom stereocenters. The van der Waals surface area contributed by atoms with Crippen LogP contribution in [0.5, 0.6) is 0 Å². The highest BCUT2D eigenvalue weighted by Gasteiger charge is 2.34. The van der Waals surface area contributed by atoms with Crippen molar-refractivity contribution in [1.29, 1.82) is 0 Å². The third kappa shape index (κ3) is 2.05. The minimum atomic E-state index is -0.665. The molecule has 2 N–H and O–H groups in total. The number of benzene rings is 1. The van der Waals surface area contributed by atoms with Crippen molar-refractivity contribution in [3.05, 3.63) is 28.8 Å². The van der Waals surface area contributed by atoms with Crippen LogP contribution in [-0.2, 0) is 9.53 Å². The van der Waals surface area contributed by atoms with Crippen molar-refractivity contribution >= 4 is 11.6 Å². The van der Waals surface area contributed by atoms with Crippen LogP contribution in [-0.4, -0.2) is 23.7 Å². The molecular formula is C15H19NO3. The van der Waals surface area contributed by atoms with Gasteiger partial charge in [0.2, 0.25) is 5.91 Å². The van der Waals surface area contributed by atoms with E-state index in [1.54, 1.807) is 0 Å². The largest absolute Gasteiger partial charge is 0.386 e. The number of ether oxygens (including phenoxy) is 1. The van der Waals surface area contributed by atoms with Crippen molar-refractivity contribution in [2.75, 3.05) is 11.9 Å². The predicted molar refractivity (Wildman–Crippen MR) is 72.2 cm³/mol. The zero-order valence-corrected chi connectivity index (χ0v) is 11.3. The van der Waals surface area contributed by atoms with Crippen LogP contribution in [0, 0.1) is 6.92 Å². The molecule has 3 atom stereocenters. The van der Waals surface area contributed by atoms with Crippen molar-refractivity contribution in [2.24, 2.45) is 0 Å². The van der Waals surface area contributed by atoms with Gasteiger partial charge in [0, 0.05) is 12.2 Å². The van der Waals surface area contributed by atoms with Crippen LogP contribution in [0.4, 0.5) is 5.69 Å². The summed E-state index contributed by atoms with van der Waals surface area (Å²) in [7, 11) is 0. The van der Waals surface area contributed by atoms with Gasteiger partial charge < -0.3 is 15.2 Å². The monoisotopic (exact) mass is 261 g/mol. The highest BCUT2D eigenvalue weighted by Crippen LogP contribution is 2.40. The predicted octanol–water partition coefficient (Wildman–Crippen LogP) is 2.26. The Hall–Kier alpha value is -1.39. The van der Waals surface area contributed by atoms with Crippen LogP contribution < -0.4 is 5.32 Å². The maximum atomic E-state index is 11.8. The molecule has 2 heterocycles. The molecule has 1 aromatic rings. The van der Waals surface area contributed by atoms with Crippen molar-refractivity contribution in [3.8, 4) is 0 Å². The van der Waals surface area contributed by atoms with Gasteiger partial charge >= 0.3 is 0 Å². The Morgan fingerprint density at radius 1 is 1.47 bits per heavy atom. The molecule has 0 aromatic heterocycles. The molecule has 4 heteroatoms. The van der Waals surface area contributed by atoms with Crippen LogP contribution in [0.1, 0.15) is 48.5 Å². The summed E-state index contributed by atoms with van der Waals surface area (Å²) in [6, 6.07) is 3.97. The topological polar surface area (TPSA) is 58.6 Å². The highest BCUT2D eigenvalue weighted by molar-refractivity contribution is 6.03. The lowest BCUT2D eigenvalue weighted by molar-refractivity contribution is -0.116. The quantitative estimate of drug-likeness (QED) is 0.858. The number of anilines is 1. The highest BCUT2D eigenvalue weighted by atomic mass is 16.5. The normalized spacial score (nSPS) is 27.2. The molecule has 2 aliphatic rings. The Morgan fingerprint density at radius 2 is 2.26 bits per heavy atom. The van der Waals surface area contributed by atoms with E-state index in [1.165, 1.54) is 0 Å². The molecule has 0 saturated carbocycles. The number of carbonyl (C=O) groups excluding carboxylic acids is 1. The molecule has 0 radical (unpaired) electrons. The van der Waals surface area contributed by atoms with E-state index in [9.17, 15) is 9.90 Å². The minimum absolute atomic E-state index is 0.00129. The molecule has 1 saturated heterocycles. The van der Waals surface area contributed by atoms with E-state index in [1.807, 2.05) is 26.0 Å². The lowest BCUT2D eigenvalue weighted by Gasteiger charge is -2.21. The van der Waals surface area contributed by atoms with E-state index >= 15 is 0 Å². The maximum Gasteiger partial charge on any atom is 0.231 e. The molecule has 1 fully saturated rings. The first-order chi connectivity index (χ1) is 9.08. The summed E-state index contributed by atoms with van der Waals surface area (Å²) in [4.78, 5) is 11.8. The molecule has 0 spiro atoms. The first kappa shape index (κ1) is 12.6. The van der Waals surface area contributed by atoms with Crippen molar-refractivity contribution < 1.29 is 14.6 Å². The number of amides is 1. The second-order valence-electron chi connectivity index (χ2n) is 5.53. The minimum Gasteiger partial charge on any atom is -0.386 e. The van der Waals surface area contributed by atoms with Crippen molar-refractivity contribution in [3.63, 3.8) is 0 Å². The van der Waals surface area contributed by atoms with Gasteiger partial charge in [0.05, 0.1) is 17.7 Å². The average Bonchev–Trinajstić information content (AvgIpc) is 3.00. The third-order valence-corrected chi connectivity index (χ3v) is 4.09. The second kappa shape index (κ2) is 4.62. The Kier molecular flexibility index (Phi) is 3.07. The summed E-state index contributed by atoms with van der Waals surface area (Å²) < 4.78 is 5.56. The van der Waals surface area contributed by atoms with Gasteiger partial charge in [-0.3, -0.25) is 4.79 Å². The molecule has 1 aromatic carbocycles. The van der Waals surface area contributed by atoms with Crippen molar-refractivity contribution in [2.45, 2.75) is 44.8 Å². The molecule has 19 heavy (non-hydrogen) atoms. The lowest BCUT2D eigenvalue weighted by atomic mass is 9.93. The summed E-state index contributed by atoms with van der Waals surface area (Å²) in [5.74, 6) is -0.147. The Bertz CT molecular complexity index is 520. The molecule has 0 bridgehead atoms. The van der Waals surface area contributed by atoms with Crippen LogP contribution in [0.2, 0.25) is 0 Å². The Labute approximate surface area is 112 Å². The van der Waals surface area contributed by atoms with Crippen LogP contribution in [0.3, 0.4) is 0 Å². The van der Waals surface area contributed by atoms with E-state index in [0.29, 0.717) is 6.61 Å².